The Labute approximate surface area is 172 Å². The number of aliphatic hydroxyl groups is 1. The minimum atomic E-state index is -4.43. The number of likely N-dealkylation sites (tertiary alicyclic amines) is 1. The number of fused-ring (bicyclic) bond motifs is 1. The van der Waals surface area contributed by atoms with Crippen LogP contribution in [-0.4, -0.2) is 50.8 Å². The van der Waals surface area contributed by atoms with Crippen LogP contribution in [0.4, 0.5) is 13.2 Å². The maximum Gasteiger partial charge on any atom is 0.416 e. The van der Waals surface area contributed by atoms with Gasteiger partial charge in [-0.1, -0.05) is 0 Å². The number of hydrogen-bond acceptors (Lipinski definition) is 4. The molecule has 0 spiro atoms. The molecule has 2 aliphatic rings. The molecule has 1 aromatic carbocycles. The number of halogens is 3. The van der Waals surface area contributed by atoms with Gasteiger partial charge in [-0.3, -0.25) is 4.79 Å². The van der Waals surface area contributed by atoms with Crippen molar-refractivity contribution in [1.82, 2.24) is 14.5 Å². The lowest BCUT2D eigenvalue weighted by Gasteiger charge is -2.36. The molecule has 0 bridgehead atoms. The third-order valence-corrected chi connectivity index (χ3v) is 5.90. The van der Waals surface area contributed by atoms with Crippen LogP contribution in [-0.2, 0) is 15.7 Å². The lowest BCUT2D eigenvalue weighted by molar-refractivity contribution is -0.149. The monoisotopic (exact) mass is 425 g/mol. The van der Waals surface area contributed by atoms with Crippen LogP contribution in [0.25, 0.3) is 11.0 Å². The molecule has 2 aromatic rings. The van der Waals surface area contributed by atoms with Crippen LogP contribution < -0.4 is 0 Å². The van der Waals surface area contributed by atoms with E-state index in [2.05, 4.69) is 4.98 Å². The normalized spacial score (nSPS) is 21.5. The van der Waals surface area contributed by atoms with Gasteiger partial charge in [-0.05, 0) is 57.7 Å². The van der Waals surface area contributed by atoms with Gasteiger partial charge >= 0.3 is 6.18 Å². The van der Waals surface area contributed by atoms with Crippen LogP contribution >= 0.6 is 0 Å². The molecule has 1 atom stereocenters. The van der Waals surface area contributed by atoms with Gasteiger partial charge in [0.1, 0.15) is 17.5 Å². The summed E-state index contributed by atoms with van der Waals surface area (Å²) in [7, 11) is 0. The SMILES string of the molecule is CC(C)(O)C(=O)N1CCC(n2c(C3CCCO3)nc3cc(C(F)(F)F)ccc32)CC1. The molecular weight excluding hydrogens is 399 g/mol. The van der Waals surface area contributed by atoms with Gasteiger partial charge < -0.3 is 19.3 Å². The molecule has 1 N–H and O–H groups in total. The molecule has 9 heteroatoms. The average molecular weight is 425 g/mol. The van der Waals surface area contributed by atoms with Crippen molar-refractivity contribution in [3.05, 3.63) is 29.6 Å². The first-order valence-electron chi connectivity index (χ1n) is 10.3. The zero-order chi connectivity index (χ0) is 21.7. The number of aromatic nitrogens is 2. The Hall–Kier alpha value is -2.13. The summed E-state index contributed by atoms with van der Waals surface area (Å²) in [5.41, 5.74) is -1.18. The summed E-state index contributed by atoms with van der Waals surface area (Å²) in [4.78, 5) is 18.6. The molecule has 2 fully saturated rings. The van der Waals surface area contributed by atoms with Gasteiger partial charge in [0.15, 0.2) is 0 Å². The minimum Gasteiger partial charge on any atom is -0.381 e. The van der Waals surface area contributed by atoms with E-state index in [-0.39, 0.29) is 18.1 Å². The predicted octanol–water partition coefficient (Wildman–Crippen LogP) is 3.84. The number of nitrogens with zero attached hydrogens (tertiary/aromatic N) is 3. The summed E-state index contributed by atoms with van der Waals surface area (Å²) in [6.07, 6.45) is -1.72. The van der Waals surface area contributed by atoms with Crippen molar-refractivity contribution in [2.45, 2.75) is 63.5 Å². The molecule has 6 nitrogen and oxygen atoms in total. The van der Waals surface area contributed by atoms with Crippen molar-refractivity contribution in [3.8, 4) is 0 Å². The first kappa shape index (κ1) is 21.1. The van der Waals surface area contributed by atoms with E-state index in [0.717, 1.165) is 25.0 Å². The molecule has 1 aromatic heterocycles. The quantitative estimate of drug-likeness (QED) is 0.812. The molecule has 30 heavy (non-hydrogen) atoms. The predicted molar refractivity (Wildman–Crippen MR) is 104 cm³/mol. The Bertz CT molecular complexity index is 935. The maximum absolute atomic E-state index is 13.2. The molecule has 164 valence electrons. The fraction of sp³-hybridized carbons (Fsp3) is 0.619. The van der Waals surface area contributed by atoms with Crippen LogP contribution in [0, 0.1) is 0 Å². The highest BCUT2D eigenvalue weighted by atomic mass is 19.4. The summed E-state index contributed by atoms with van der Waals surface area (Å²) >= 11 is 0. The number of rotatable bonds is 3. The minimum absolute atomic E-state index is 0.00297. The lowest BCUT2D eigenvalue weighted by atomic mass is 10.0. The Morgan fingerprint density at radius 3 is 2.47 bits per heavy atom. The Kier molecular flexibility index (Phi) is 5.30. The van der Waals surface area contributed by atoms with Crippen LogP contribution in [0.15, 0.2) is 18.2 Å². The van der Waals surface area contributed by atoms with Crippen molar-refractivity contribution in [3.63, 3.8) is 0 Å². The molecule has 1 amide bonds. The Morgan fingerprint density at radius 1 is 1.20 bits per heavy atom. The van der Waals surface area contributed by atoms with Gasteiger partial charge in [0.25, 0.3) is 5.91 Å². The number of amides is 1. The zero-order valence-corrected chi connectivity index (χ0v) is 17.1. The van der Waals surface area contributed by atoms with Crippen LogP contribution in [0.5, 0.6) is 0 Å². The number of carbonyl (C=O) groups excluding carboxylic acids is 1. The van der Waals surface area contributed by atoms with Gasteiger partial charge in [-0.15, -0.1) is 0 Å². The molecule has 0 saturated carbocycles. The summed E-state index contributed by atoms with van der Waals surface area (Å²) in [5, 5.41) is 9.99. The van der Waals surface area contributed by atoms with E-state index in [9.17, 15) is 23.1 Å². The molecule has 3 heterocycles. The molecular formula is C21H26F3N3O3. The summed E-state index contributed by atoms with van der Waals surface area (Å²) in [5.74, 6) is 0.347. The van der Waals surface area contributed by atoms with Crippen LogP contribution in [0.2, 0.25) is 0 Å². The maximum atomic E-state index is 13.2. The van der Waals surface area contributed by atoms with Crippen molar-refractivity contribution < 1.29 is 27.8 Å². The number of ether oxygens (including phenoxy) is 1. The molecule has 2 saturated heterocycles. The largest absolute Gasteiger partial charge is 0.416 e. The van der Waals surface area contributed by atoms with E-state index < -0.39 is 17.3 Å². The summed E-state index contributed by atoms with van der Waals surface area (Å²) < 4.78 is 47.3. The Morgan fingerprint density at radius 2 is 1.90 bits per heavy atom. The van der Waals surface area contributed by atoms with E-state index in [1.54, 1.807) is 4.90 Å². The second-order valence-corrected chi connectivity index (χ2v) is 8.63. The van der Waals surface area contributed by atoms with Crippen LogP contribution in [0.3, 0.4) is 0 Å². The second kappa shape index (κ2) is 7.53. The topological polar surface area (TPSA) is 67.6 Å². The highest BCUT2D eigenvalue weighted by molar-refractivity contribution is 5.84. The number of hydrogen-bond donors (Lipinski definition) is 1. The first-order valence-corrected chi connectivity index (χ1v) is 10.3. The first-order chi connectivity index (χ1) is 14.1. The number of imidazole rings is 1. The lowest BCUT2D eigenvalue weighted by Crippen LogP contribution is -2.48. The highest BCUT2D eigenvalue weighted by Crippen LogP contribution is 2.38. The van der Waals surface area contributed by atoms with Crippen LogP contribution in [0.1, 0.15) is 63.1 Å². The number of piperidine rings is 1. The third-order valence-electron chi connectivity index (χ3n) is 5.90. The van der Waals surface area contributed by atoms with Crippen molar-refractivity contribution in [2.75, 3.05) is 19.7 Å². The third kappa shape index (κ3) is 3.92. The van der Waals surface area contributed by atoms with E-state index in [1.807, 2.05) is 4.57 Å². The standard InChI is InChI=1S/C21H26F3N3O3/c1-20(2,29)19(28)26-9-7-14(8-10-26)27-16-6-5-13(21(22,23)24)12-15(16)25-18(27)17-4-3-11-30-17/h5-6,12,14,17,29H,3-4,7-11H2,1-2H3. The molecule has 0 aliphatic carbocycles. The smallest absolute Gasteiger partial charge is 0.381 e. The Balaban J connectivity index is 1.67. The molecule has 0 radical (unpaired) electrons. The van der Waals surface area contributed by atoms with E-state index in [0.29, 0.717) is 49.4 Å². The summed E-state index contributed by atoms with van der Waals surface area (Å²) in [6, 6.07) is 3.67. The fourth-order valence-corrected chi connectivity index (χ4v) is 4.40. The molecule has 1 unspecified atom stereocenters. The number of benzene rings is 1. The number of carbonyl (C=O) groups is 1. The van der Waals surface area contributed by atoms with Gasteiger partial charge in [-0.25, -0.2) is 4.98 Å². The van der Waals surface area contributed by atoms with Crippen molar-refractivity contribution >= 4 is 16.9 Å². The van der Waals surface area contributed by atoms with E-state index in [1.165, 1.54) is 19.9 Å². The summed E-state index contributed by atoms with van der Waals surface area (Å²) in [6.45, 7) is 4.49. The molecule has 4 rings (SSSR count). The van der Waals surface area contributed by atoms with Crippen molar-refractivity contribution in [1.29, 1.82) is 0 Å². The fourth-order valence-electron chi connectivity index (χ4n) is 4.40. The zero-order valence-electron chi connectivity index (χ0n) is 17.1. The van der Waals surface area contributed by atoms with Gasteiger partial charge in [0.05, 0.1) is 16.6 Å². The van der Waals surface area contributed by atoms with Gasteiger partial charge in [0.2, 0.25) is 0 Å². The van der Waals surface area contributed by atoms with Crippen molar-refractivity contribution in [2.24, 2.45) is 0 Å². The van der Waals surface area contributed by atoms with E-state index in [4.69, 9.17) is 4.74 Å². The van der Waals surface area contributed by atoms with E-state index >= 15 is 0 Å². The van der Waals surface area contributed by atoms with Gasteiger partial charge in [0, 0.05) is 25.7 Å². The highest BCUT2D eigenvalue weighted by Gasteiger charge is 2.36. The molecule has 2 aliphatic heterocycles. The second-order valence-electron chi connectivity index (χ2n) is 8.63. The average Bonchev–Trinajstić information content (AvgIpc) is 3.33. The number of alkyl halides is 3. The van der Waals surface area contributed by atoms with Gasteiger partial charge in [-0.2, -0.15) is 13.2 Å².